The maximum Gasteiger partial charge on any atom is 0.277 e. The zero-order valence-corrected chi connectivity index (χ0v) is 16.6. The highest BCUT2D eigenvalue weighted by Gasteiger charge is 2.15. The number of nitrogens with zero attached hydrogens (tertiary/aromatic N) is 3. The lowest BCUT2D eigenvalue weighted by atomic mass is 10.1. The van der Waals surface area contributed by atoms with E-state index in [1.165, 1.54) is 18.3 Å². The van der Waals surface area contributed by atoms with Crippen molar-refractivity contribution in [1.82, 2.24) is 14.9 Å². The van der Waals surface area contributed by atoms with E-state index >= 15 is 0 Å². The molecule has 2 aromatic heterocycles. The van der Waals surface area contributed by atoms with Crippen LogP contribution in [0.1, 0.15) is 16.9 Å². The van der Waals surface area contributed by atoms with Crippen LogP contribution in [0.3, 0.4) is 0 Å². The first kappa shape index (κ1) is 20.2. The van der Waals surface area contributed by atoms with Crippen LogP contribution in [-0.2, 0) is 4.74 Å². The average Bonchev–Trinajstić information content (AvgIpc) is 2.78. The van der Waals surface area contributed by atoms with Crippen LogP contribution < -0.4 is 10.6 Å². The molecule has 1 fully saturated rings. The Morgan fingerprint density at radius 2 is 1.93 bits per heavy atom. The van der Waals surface area contributed by atoms with Crippen LogP contribution >= 0.6 is 0 Å². The smallest absolute Gasteiger partial charge is 0.277 e. The molecule has 0 radical (unpaired) electrons. The summed E-state index contributed by atoms with van der Waals surface area (Å²) in [5, 5.41) is 7.09. The lowest BCUT2D eigenvalue weighted by Gasteiger charge is -2.26. The van der Waals surface area contributed by atoms with Crippen LogP contribution in [0.2, 0.25) is 0 Å². The fourth-order valence-electron chi connectivity index (χ4n) is 3.52. The highest BCUT2D eigenvalue weighted by atomic mass is 19.1. The Labute approximate surface area is 174 Å². The van der Waals surface area contributed by atoms with E-state index in [0.717, 1.165) is 56.9 Å². The normalized spacial score (nSPS) is 14.6. The molecule has 8 heteroatoms. The summed E-state index contributed by atoms with van der Waals surface area (Å²) < 4.78 is 19.2. The van der Waals surface area contributed by atoms with Gasteiger partial charge in [-0.15, -0.1) is 0 Å². The molecule has 1 saturated heterocycles. The van der Waals surface area contributed by atoms with Crippen molar-refractivity contribution in [2.24, 2.45) is 0 Å². The number of rotatable bonds is 7. The Hall–Kier alpha value is -3.10. The number of pyridine rings is 2. The van der Waals surface area contributed by atoms with E-state index in [9.17, 15) is 9.18 Å². The fourth-order valence-corrected chi connectivity index (χ4v) is 3.52. The predicted molar refractivity (Wildman–Crippen MR) is 114 cm³/mol. The quantitative estimate of drug-likeness (QED) is 0.584. The third-order valence-corrected chi connectivity index (χ3v) is 5.06. The number of hydrogen-bond donors (Lipinski definition) is 2. The Bertz CT molecular complexity index is 1020. The highest BCUT2D eigenvalue weighted by Crippen LogP contribution is 2.27. The molecule has 1 aromatic carbocycles. The molecule has 0 aliphatic carbocycles. The highest BCUT2D eigenvalue weighted by molar-refractivity contribution is 6.09. The van der Waals surface area contributed by atoms with Gasteiger partial charge >= 0.3 is 0 Å². The number of carbonyl (C=O) groups is 1. The van der Waals surface area contributed by atoms with E-state index in [-0.39, 0.29) is 5.69 Å². The topological polar surface area (TPSA) is 79.4 Å². The summed E-state index contributed by atoms with van der Waals surface area (Å²) >= 11 is 0. The first-order chi connectivity index (χ1) is 14.7. The number of anilines is 2. The number of halogens is 1. The predicted octanol–water partition coefficient (Wildman–Crippen LogP) is 3.16. The fraction of sp³-hybridized carbons (Fsp3) is 0.318. The first-order valence-electron chi connectivity index (χ1n) is 10.1. The molecule has 3 heterocycles. The molecular weight excluding hydrogens is 385 g/mol. The molecule has 0 bridgehead atoms. The molecule has 0 spiro atoms. The molecule has 0 unspecified atom stereocenters. The van der Waals surface area contributed by atoms with E-state index < -0.39 is 11.7 Å². The Morgan fingerprint density at radius 1 is 1.07 bits per heavy atom. The second-order valence-electron chi connectivity index (χ2n) is 7.08. The van der Waals surface area contributed by atoms with E-state index in [2.05, 4.69) is 25.5 Å². The maximum absolute atomic E-state index is 13.9. The second-order valence-corrected chi connectivity index (χ2v) is 7.08. The number of aromatic nitrogens is 2. The number of benzene rings is 1. The zero-order chi connectivity index (χ0) is 20.8. The molecule has 7 nitrogen and oxygen atoms in total. The molecule has 2 N–H and O–H groups in total. The van der Waals surface area contributed by atoms with Crippen molar-refractivity contribution in [3.05, 3.63) is 60.3 Å². The van der Waals surface area contributed by atoms with Gasteiger partial charge in [0.1, 0.15) is 0 Å². The molecular formula is C22H24FN5O2. The summed E-state index contributed by atoms with van der Waals surface area (Å²) in [6.45, 7) is 5.43. The van der Waals surface area contributed by atoms with E-state index in [4.69, 9.17) is 4.74 Å². The summed E-state index contributed by atoms with van der Waals surface area (Å²) in [4.78, 5) is 23.1. The van der Waals surface area contributed by atoms with Gasteiger partial charge < -0.3 is 15.4 Å². The Balaban J connectivity index is 1.44. The summed E-state index contributed by atoms with van der Waals surface area (Å²) in [5.74, 6) is -1.27. The third-order valence-electron chi connectivity index (χ3n) is 5.06. The molecule has 30 heavy (non-hydrogen) atoms. The maximum atomic E-state index is 13.9. The van der Waals surface area contributed by atoms with Gasteiger partial charge in [0, 0.05) is 43.1 Å². The van der Waals surface area contributed by atoms with Gasteiger partial charge in [0.15, 0.2) is 11.5 Å². The van der Waals surface area contributed by atoms with Gasteiger partial charge in [-0.2, -0.15) is 0 Å². The van der Waals surface area contributed by atoms with Crippen molar-refractivity contribution in [2.75, 3.05) is 50.0 Å². The largest absolute Gasteiger partial charge is 0.384 e. The second kappa shape index (κ2) is 9.60. The zero-order valence-electron chi connectivity index (χ0n) is 16.6. The van der Waals surface area contributed by atoms with Crippen molar-refractivity contribution < 1.29 is 13.9 Å². The number of para-hydroxylation sites is 1. The van der Waals surface area contributed by atoms with Gasteiger partial charge in [0.2, 0.25) is 0 Å². The molecule has 4 rings (SSSR count). The van der Waals surface area contributed by atoms with Crippen LogP contribution in [0.25, 0.3) is 10.9 Å². The van der Waals surface area contributed by atoms with Crippen LogP contribution in [0.15, 0.2) is 48.8 Å². The Kier molecular flexibility index (Phi) is 6.46. The summed E-state index contributed by atoms with van der Waals surface area (Å²) in [6.07, 6.45) is 4.10. The molecule has 1 amide bonds. The minimum atomic E-state index is -0.661. The number of nitrogens with one attached hydrogen (secondary N) is 2. The van der Waals surface area contributed by atoms with Crippen LogP contribution in [0.5, 0.6) is 0 Å². The SMILES string of the molecule is O=C(Nc1cccc2c(NCCCN3CCOCC3)ccnc12)c1ncccc1F. The Morgan fingerprint density at radius 3 is 2.77 bits per heavy atom. The molecule has 1 aliphatic rings. The number of carbonyl (C=O) groups excluding carboxylic acids is 1. The third kappa shape index (κ3) is 4.72. The molecule has 3 aromatic rings. The van der Waals surface area contributed by atoms with Crippen LogP contribution in [0.4, 0.5) is 15.8 Å². The summed E-state index contributed by atoms with van der Waals surface area (Å²) in [6, 6.07) is 10.1. The number of morpholine rings is 1. The van der Waals surface area contributed by atoms with Gasteiger partial charge in [-0.25, -0.2) is 9.37 Å². The number of hydrogen-bond acceptors (Lipinski definition) is 6. The van der Waals surface area contributed by atoms with Crippen molar-refractivity contribution >= 4 is 28.2 Å². The molecule has 156 valence electrons. The standard InChI is InChI=1S/C22H24FN5O2/c23-17-5-2-8-25-21(17)22(29)27-19-6-1-4-16-18(7-10-26-20(16)19)24-9-3-11-28-12-14-30-15-13-28/h1-2,4-8,10H,3,9,11-15H2,(H,24,26)(H,27,29). The van der Waals surface area contributed by atoms with E-state index in [1.807, 2.05) is 18.2 Å². The van der Waals surface area contributed by atoms with Crippen LogP contribution in [0, 0.1) is 5.82 Å². The number of amides is 1. The minimum Gasteiger partial charge on any atom is -0.384 e. The minimum absolute atomic E-state index is 0.244. The summed E-state index contributed by atoms with van der Waals surface area (Å²) in [5.41, 5.74) is 1.86. The van der Waals surface area contributed by atoms with Crippen molar-refractivity contribution in [2.45, 2.75) is 6.42 Å². The lowest BCUT2D eigenvalue weighted by molar-refractivity contribution is 0.0378. The summed E-state index contributed by atoms with van der Waals surface area (Å²) in [7, 11) is 0. The van der Waals surface area contributed by atoms with Gasteiger partial charge in [-0.1, -0.05) is 12.1 Å². The molecule has 0 atom stereocenters. The van der Waals surface area contributed by atoms with Gasteiger partial charge in [-0.3, -0.25) is 14.7 Å². The van der Waals surface area contributed by atoms with Crippen molar-refractivity contribution in [3.63, 3.8) is 0 Å². The van der Waals surface area contributed by atoms with E-state index in [1.54, 1.807) is 12.3 Å². The molecule has 0 saturated carbocycles. The van der Waals surface area contributed by atoms with Crippen LogP contribution in [-0.4, -0.2) is 60.2 Å². The van der Waals surface area contributed by atoms with Gasteiger partial charge in [0.05, 0.1) is 24.4 Å². The van der Waals surface area contributed by atoms with Gasteiger partial charge in [0.25, 0.3) is 5.91 Å². The van der Waals surface area contributed by atoms with Gasteiger partial charge in [-0.05, 0) is 37.2 Å². The monoisotopic (exact) mass is 409 g/mol. The van der Waals surface area contributed by atoms with E-state index in [0.29, 0.717) is 11.2 Å². The number of ether oxygens (including phenoxy) is 1. The van der Waals surface area contributed by atoms with Crippen molar-refractivity contribution in [3.8, 4) is 0 Å². The number of fused-ring (bicyclic) bond motifs is 1. The molecule has 1 aliphatic heterocycles. The lowest BCUT2D eigenvalue weighted by Crippen LogP contribution is -2.37. The average molecular weight is 409 g/mol. The first-order valence-corrected chi connectivity index (χ1v) is 10.1. The van der Waals surface area contributed by atoms with Crippen molar-refractivity contribution in [1.29, 1.82) is 0 Å².